The summed E-state index contributed by atoms with van der Waals surface area (Å²) in [4.78, 5) is 27.9. The van der Waals surface area contributed by atoms with E-state index < -0.39 is 6.29 Å². The van der Waals surface area contributed by atoms with Gasteiger partial charge in [0.25, 0.3) is 11.5 Å². The molecule has 3 rings (SSSR count). The molecule has 3 aromatic rings. The third kappa shape index (κ3) is 3.06. The minimum Gasteiger partial charge on any atom is -0.354 e. The third-order valence-corrected chi connectivity index (χ3v) is 4.99. The number of H-pyrrole nitrogens is 1. The van der Waals surface area contributed by atoms with Gasteiger partial charge in [-0.2, -0.15) is 0 Å². The molecule has 2 aromatic heterocycles. The summed E-state index contributed by atoms with van der Waals surface area (Å²) >= 11 is 1.31. The van der Waals surface area contributed by atoms with Gasteiger partial charge in [0.05, 0.1) is 16.8 Å². The lowest BCUT2D eigenvalue weighted by Crippen LogP contribution is -2.33. The Hall–Kier alpha value is -2.22. The number of ether oxygens (including phenoxy) is 2. The smallest absolute Gasteiger partial charge is 0.261 e. The van der Waals surface area contributed by atoms with Gasteiger partial charge in [0, 0.05) is 29.8 Å². The van der Waals surface area contributed by atoms with Crippen molar-refractivity contribution in [3.8, 4) is 0 Å². The standard InChI is InChI=1S/C17H18N2O4S/c1-9-4-5-12-10(6-9)15-11(16(20)19-12)7-13(24-15)17(21)18-8-14(22-2)23-3/h4-7,14H,8H2,1-3H3,(H,18,21)(H,19,20). The van der Waals surface area contributed by atoms with Crippen molar-refractivity contribution in [1.82, 2.24) is 10.3 Å². The van der Waals surface area contributed by atoms with Crippen molar-refractivity contribution in [3.05, 3.63) is 45.1 Å². The van der Waals surface area contributed by atoms with E-state index in [0.717, 1.165) is 21.2 Å². The highest BCUT2D eigenvalue weighted by molar-refractivity contribution is 7.21. The number of hydrogen-bond acceptors (Lipinski definition) is 5. The van der Waals surface area contributed by atoms with Crippen LogP contribution in [0.5, 0.6) is 0 Å². The van der Waals surface area contributed by atoms with Crippen LogP contribution < -0.4 is 10.9 Å². The molecular weight excluding hydrogens is 328 g/mol. The highest BCUT2D eigenvalue weighted by Crippen LogP contribution is 2.30. The summed E-state index contributed by atoms with van der Waals surface area (Å²) in [7, 11) is 3.02. The van der Waals surface area contributed by atoms with Crippen LogP contribution >= 0.6 is 11.3 Å². The molecule has 0 aliphatic rings. The summed E-state index contributed by atoms with van der Waals surface area (Å²) < 4.78 is 10.9. The number of carbonyl (C=O) groups excluding carboxylic acids is 1. The number of aromatic nitrogens is 1. The lowest BCUT2D eigenvalue weighted by atomic mass is 10.1. The largest absolute Gasteiger partial charge is 0.354 e. The predicted molar refractivity (Wildman–Crippen MR) is 94.8 cm³/mol. The van der Waals surface area contributed by atoms with Crippen LogP contribution in [0.2, 0.25) is 0 Å². The Morgan fingerprint density at radius 2 is 2.00 bits per heavy atom. The number of nitrogens with one attached hydrogen (secondary N) is 2. The number of hydrogen-bond donors (Lipinski definition) is 2. The number of rotatable bonds is 5. The average molecular weight is 346 g/mol. The maximum Gasteiger partial charge on any atom is 0.261 e. The molecule has 0 unspecified atom stereocenters. The fourth-order valence-electron chi connectivity index (χ4n) is 2.54. The molecule has 0 saturated heterocycles. The fourth-order valence-corrected chi connectivity index (χ4v) is 3.64. The van der Waals surface area contributed by atoms with Crippen LogP contribution in [0.15, 0.2) is 29.1 Å². The molecule has 0 aliphatic heterocycles. The monoisotopic (exact) mass is 346 g/mol. The quantitative estimate of drug-likeness (QED) is 0.695. The maximum atomic E-state index is 12.3. The number of carbonyl (C=O) groups is 1. The van der Waals surface area contributed by atoms with Gasteiger partial charge in [0.1, 0.15) is 0 Å². The molecule has 1 aromatic carbocycles. The van der Waals surface area contributed by atoms with Gasteiger partial charge >= 0.3 is 0 Å². The molecule has 2 N–H and O–H groups in total. The van der Waals surface area contributed by atoms with E-state index in [1.54, 1.807) is 6.07 Å². The highest BCUT2D eigenvalue weighted by Gasteiger charge is 2.16. The predicted octanol–water partition coefficient (Wildman–Crippen LogP) is 2.40. The second-order valence-corrected chi connectivity index (χ2v) is 6.52. The molecule has 0 radical (unpaired) electrons. The van der Waals surface area contributed by atoms with Gasteiger partial charge in [-0.1, -0.05) is 11.6 Å². The minimum absolute atomic E-state index is 0.191. The summed E-state index contributed by atoms with van der Waals surface area (Å²) in [5.41, 5.74) is 1.67. The highest BCUT2D eigenvalue weighted by atomic mass is 32.1. The van der Waals surface area contributed by atoms with Crippen LogP contribution in [0.1, 0.15) is 15.2 Å². The summed E-state index contributed by atoms with van der Waals surface area (Å²) in [6, 6.07) is 7.47. The zero-order valence-electron chi connectivity index (χ0n) is 13.6. The molecule has 24 heavy (non-hydrogen) atoms. The van der Waals surface area contributed by atoms with Gasteiger partial charge in [0.2, 0.25) is 0 Å². The first kappa shape index (κ1) is 16.6. The average Bonchev–Trinajstić information content (AvgIpc) is 3.03. The van der Waals surface area contributed by atoms with Crippen LogP contribution in [-0.2, 0) is 9.47 Å². The first-order valence-electron chi connectivity index (χ1n) is 7.43. The second-order valence-electron chi connectivity index (χ2n) is 5.47. The van der Waals surface area contributed by atoms with E-state index in [1.165, 1.54) is 25.6 Å². The topological polar surface area (TPSA) is 80.4 Å². The van der Waals surface area contributed by atoms with Crippen molar-refractivity contribution in [1.29, 1.82) is 0 Å². The number of fused-ring (bicyclic) bond motifs is 3. The van der Waals surface area contributed by atoms with Crippen molar-refractivity contribution < 1.29 is 14.3 Å². The Bertz CT molecular complexity index is 956. The van der Waals surface area contributed by atoms with E-state index >= 15 is 0 Å². The molecule has 0 fully saturated rings. The molecule has 2 heterocycles. The summed E-state index contributed by atoms with van der Waals surface area (Å²) in [5.74, 6) is -0.254. The number of benzene rings is 1. The van der Waals surface area contributed by atoms with Crippen LogP contribution in [0.25, 0.3) is 21.0 Å². The lowest BCUT2D eigenvalue weighted by Gasteiger charge is -2.13. The Kier molecular flexibility index (Phi) is 4.66. The molecule has 0 spiro atoms. The fraction of sp³-hybridized carbons (Fsp3) is 0.294. The zero-order valence-corrected chi connectivity index (χ0v) is 14.5. The summed E-state index contributed by atoms with van der Waals surface area (Å²) in [5, 5.41) is 4.22. The molecule has 126 valence electrons. The van der Waals surface area contributed by atoms with Gasteiger partial charge in [0.15, 0.2) is 6.29 Å². The molecule has 6 nitrogen and oxygen atoms in total. The van der Waals surface area contributed by atoms with E-state index in [1.807, 2.05) is 25.1 Å². The van der Waals surface area contributed by atoms with E-state index in [4.69, 9.17) is 9.47 Å². The first-order chi connectivity index (χ1) is 11.5. The second kappa shape index (κ2) is 6.72. The molecule has 1 amide bonds. The zero-order chi connectivity index (χ0) is 17.3. The number of pyridine rings is 1. The number of amides is 1. The normalized spacial score (nSPS) is 11.5. The maximum absolute atomic E-state index is 12.3. The number of aromatic amines is 1. The first-order valence-corrected chi connectivity index (χ1v) is 8.25. The van der Waals surface area contributed by atoms with E-state index in [-0.39, 0.29) is 18.0 Å². The van der Waals surface area contributed by atoms with Crippen molar-refractivity contribution >= 4 is 38.2 Å². The summed E-state index contributed by atoms with van der Waals surface area (Å²) in [6.45, 7) is 2.23. The molecule has 0 aliphatic carbocycles. The third-order valence-electron chi connectivity index (χ3n) is 3.82. The van der Waals surface area contributed by atoms with Gasteiger partial charge in [-0.05, 0) is 25.1 Å². The molecule has 7 heteroatoms. The van der Waals surface area contributed by atoms with Crippen molar-refractivity contribution in [2.45, 2.75) is 13.2 Å². The molecule has 0 bridgehead atoms. The number of methoxy groups -OCH3 is 2. The molecule has 0 saturated carbocycles. The van der Waals surface area contributed by atoms with E-state index in [9.17, 15) is 9.59 Å². The molecular formula is C17H18N2O4S. The van der Waals surface area contributed by atoms with E-state index in [2.05, 4.69) is 10.3 Å². The van der Waals surface area contributed by atoms with Gasteiger partial charge in [-0.3, -0.25) is 9.59 Å². The Labute approximate surface area is 142 Å². The van der Waals surface area contributed by atoms with E-state index in [0.29, 0.717) is 10.3 Å². The van der Waals surface area contributed by atoms with Gasteiger partial charge in [-0.15, -0.1) is 11.3 Å². The van der Waals surface area contributed by atoms with Gasteiger partial charge in [-0.25, -0.2) is 0 Å². The van der Waals surface area contributed by atoms with Crippen LogP contribution in [0.4, 0.5) is 0 Å². The summed E-state index contributed by atoms with van der Waals surface area (Å²) in [6.07, 6.45) is -0.504. The Morgan fingerprint density at radius 1 is 1.25 bits per heavy atom. The Morgan fingerprint density at radius 3 is 2.71 bits per heavy atom. The molecule has 0 atom stereocenters. The SMILES string of the molecule is COC(CNC(=O)c1cc2c(=O)[nH]c3ccc(C)cc3c2s1)OC. The van der Waals surface area contributed by atoms with Crippen LogP contribution in [0.3, 0.4) is 0 Å². The number of aryl methyl sites for hydroxylation is 1. The van der Waals surface area contributed by atoms with Crippen molar-refractivity contribution in [2.75, 3.05) is 20.8 Å². The minimum atomic E-state index is -0.504. The van der Waals surface area contributed by atoms with Gasteiger partial charge < -0.3 is 19.8 Å². The lowest BCUT2D eigenvalue weighted by molar-refractivity contribution is -0.0974. The Balaban J connectivity index is 2.00. The number of thiophene rings is 1. The van der Waals surface area contributed by atoms with Crippen molar-refractivity contribution in [2.24, 2.45) is 0 Å². The van der Waals surface area contributed by atoms with Crippen LogP contribution in [0, 0.1) is 6.92 Å². The van der Waals surface area contributed by atoms with Crippen molar-refractivity contribution in [3.63, 3.8) is 0 Å². The van der Waals surface area contributed by atoms with Crippen LogP contribution in [-0.4, -0.2) is 37.9 Å².